The molecule has 1 rings (SSSR count). The summed E-state index contributed by atoms with van der Waals surface area (Å²) >= 11 is 0. The number of nitrogens with one attached hydrogen (secondary N) is 1. The summed E-state index contributed by atoms with van der Waals surface area (Å²) in [6.45, 7) is 7.68. The second-order valence-corrected chi connectivity index (χ2v) is 5.47. The minimum absolute atomic E-state index is 0.0830. The molecule has 0 unspecified atom stereocenters. The first-order valence-corrected chi connectivity index (χ1v) is 7.97. The number of carbonyl (C=O) groups excluding carboxylic acids is 1. The van der Waals surface area contributed by atoms with Crippen molar-refractivity contribution in [2.75, 3.05) is 12.4 Å². The number of hydrogen-bond acceptors (Lipinski definition) is 2. The molecule has 0 spiro atoms. The first kappa shape index (κ1) is 18.8. The highest BCUT2D eigenvalue weighted by atomic mass is 16.5. The Morgan fingerprint density at radius 2 is 1.96 bits per heavy atom. The molecule has 23 heavy (non-hydrogen) atoms. The highest BCUT2D eigenvalue weighted by molar-refractivity contribution is 5.92. The topological polar surface area (TPSA) is 38.3 Å². The molecule has 0 fully saturated rings. The minimum Gasteiger partial charge on any atom is -0.497 e. The Balaban J connectivity index is 2.29. The van der Waals surface area contributed by atoms with Crippen LogP contribution >= 0.6 is 0 Å². The number of ether oxygens (including phenoxy) is 1. The standard InChI is InChI=1S/C20H27NO2/c1-5-18(23-4)14-9-7-6-8-10-15-19(22)21-20-16(2)12-11-13-17(20)3/h5,7,9,11-14H,1,6,8,10,15H2,2-4H3,(H,21,22)/b9-7-,18-14+. The third-order valence-corrected chi connectivity index (χ3v) is 3.60. The van der Waals surface area contributed by atoms with Gasteiger partial charge in [-0.25, -0.2) is 0 Å². The maximum Gasteiger partial charge on any atom is 0.224 e. The van der Waals surface area contributed by atoms with Crippen molar-refractivity contribution in [2.24, 2.45) is 0 Å². The van der Waals surface area contributed by atoms with Crippen LogP contribution in [-0.2, 0) is 9.53 Å². The quantitative estimate of drug-likeness (QED) is 0.392. The lowest BCUT2D eigenvalue weighted by molar-refractivity contribution is -0.116. The normalized spacial score (nSPS) is 11.5. The fraction of sp³-hybridized carbons (Fsp3) is 0.350. The number of rotatable bonds is 9. The van der Waals surface area contributed by atoms with Gasteiger partial charge in [0, 0.05) is 12.1 Å². The first-order valence-electron chi connectivity index (χ1n) is 7.97. The minimum atomic E-state index is 0.0830. The molecular weight excluding hydrogens is 286 g/mol. The Labute approximate surface area is 139 Å². The third-order valence-electron chi connectivity index (χ3n) is 3.60. The number of hydrogen-bond donors (Lipinski definition) is 1. The number of anilines is 1. The van der Waals surface area contributed by atoms with Gasteiger partial charge in [0.1, 0.15) is 5.76 Å². The van der Waals surface area contributed by atoms with Gasteiger partial charge in [0.05, 0.1) is 7.11 Å². The van der Waals surface area contributed by atoms with E-state index in [0.29, 0.717) is 6.42 Å². The molecule has 3 nitrogen and oxygen atoms in total. The van der Waals surface area contributed by atoms with E-state index in [1.54, 1.807) is 13.2 Å². The zero-order valence-corrected chi connectivity index (χ0v) is 14.4. The molecule has 0 bridgehead atoms. The number of benzene rings is 1. The van der Waals surface area contributed by atoms with Crippen molar-refractivity contribution in [3.8, 4) is 0 Å². The Bertz CT molecular complexity index is 565. The lowest BCUT2D eigenvalue weighted by Crippen LogP contribution is -2.13. The number of carbonyl (C=O) groups is 1. The van der Waals surface area contributed by atoms with Gasteiger partial charge in [0.25, 0.3) is 0 Å². The van der Waals surface area contributed by atoms with E-state index < -0.39 is 0 Å². The number of methoxy groups -OCH3 is 1. The van der Waals surface area contributed by atoms with Crippen LogP contribution in [0.3, 0.4) is 0 Å². The molecule has 0 aromatic heterocycles. The summed E-state index contributed by atoms with van der Waals surface area (Å²) in [5.74, 6) is 0.828. The molecule has 124 valence electrons. The molecule has 1 amide bonds. The summed E-state index contributed by atoms with van der Waals surface area (Å²) in [5, 5.41) is 3.02. The summed E-state index contributed by atoms with van der Waals surface area (Å²) in [7, 11) is 1.62. The van der Waals surface area contributed by atoms with E-state index in [1.807, 2.05) is 44.2 Å². The average molecular weight is 313 g/mol. The van der Waals surface area contributed by atoms with Crippen molar-refractivity contribution in [2.45, 2.75) is 39.5 Å². The van der Waals surface area contributed by atoms with Gasteiger partial charge in [-0.15, -0.1) is 0 Å². The lowest BCUT2D eigenvalue weighted by atomic mass is 10.1. The highest BCUT2D eigenvalue weighted by Gasteiger charge is 2.06. The van der Waals surface area contributed by atoms with Crippen molar-refractivity contribution in [3.63, 3.8) is 0 Å². The Morgan fingerprint density at radius 1 is 1.26 bits per heavy atom. The summed E-state index contributed by atoms with van der Waals surface area (Å²) in [5.41, 5.74) is 3.15. The predicted octanol–water partition coefficient (Wildman–Crippen LogP) is 5.07. The van der Waals surface area contributed by atoms with Crippen LogP contribution in [0.15, 0.2) is 54.8 Å². The van der Waals surface area contributed by atoms with Gasteiger partial charge < -0.3 is 10.1 Å². The van der Waals surface area contributed by atoms with Gasteiger partial charge in [-0.1, -0.05) is 36.9 Å². The van der Waals surface area contributed by atoms with E-state index in [2.05, 4.69) is 18.0 Å². The van der Waals surface area contributed by atoms with Crippen molar-refractivity contribution < 1.29 is 9.53 Å². The summed E-state index contributed by atoms with van der Waals surface area (Å²) in [6.07, 6.45) is 10.9. The van der Waals surface area contributed by atoms with Crippen LogP contribution in [0.4, 0.5) is 5.69 Å². The molecule has 0 aliphatic rings. The van der Waals surface area contributed by atoms with Crippen LogP contribution in [0, 0.1) is 13.8 Å². The van der Waals surface area contributed by atoms with Crippen molar-refractivity contribution in [1.82, 2.24) is 0 Å². The van der Waals surface area contributed by atoms with Crippen LogP contribution in [0.2, 0.25) is 0 Å². The predicted molar refractivity (Wildman–Crippen MR) is 97.4 cm³/mol. The van der Waals surface area contributed by atoms with Gasteiger partial charge in [-0.2, -0.15) is 0 Å². The number of aryl methyl sites for hydroxylation is 2. The molecule has 0 heterocycles. The van der Waals surface area contributed by atoms with E-state index in [9.17, 15) is 4.79 Å². The molecule has 0 radical (unpaired) electrons. The number of para-hydroxylation sites is 1. The number of unbranched alkanes of at least 4 members (excludes halogenated alkanes) is 2. The molecule has 1 aromatic carbocycles. The highest BCUT2D eigenvalue weighted by Crippen LogP contribution is 2.19. The van der Waals surface area contributed by atoms with Crippen molar-refractivity contribution in [1.29, 1.82) is 0 Å². The van der Waals surface area contributed by atoms with Crippen LogP contribution < -0.4 is 5.32 Å². The van der Waals surface area contributed by atoms with Gasteiger partial charge in [-0.05, 0) is 56.4 Å². The van der Waals surface area contributed by atoms with E-state index >= 15 is 0 Å². The van der Waals surface area contributed by atoms with E-state index in [4.69, 9.17) is 4.74 Å². The van der Waals surface area contributed by atoms with Gasteiger partial charge >= 0.3 is 0 Å². The van der Waals surface area contributed by atoms with E-state index in [1.165, 1.54) is 0 Å². The number of amides is 1. The third kappa shape index (κ3) is 7.00. The lowest BCUT2D eigenvalue weighted by Gasteiger charge is -2.11. The summed E-state index contributed by atoms with van der Waals surface area (Å²) < 4.78 is 5.07. The second kappa shape index (κ2) is 10.4. The molecular formula is C20H27NO2. The molecule has 3 heteroatoms. The second-order valence-electron chi connectivity index (χ2n) is 5.47. The summed E-state index contributed by atoms with van der Waals surface area (Å²) in [6, 6.07) is 6.03. The largest absolute Gasteiger partial charge is 0.497 e. The van der Waals surface area contributed by atoms with Crippen molar-refractivity contribution >= 4 is 11.6 Å². The Kier molecular flexibility index (Phi) is 8.51. The van der Waals surface area contributed by atoms with Gasteiger partial charge in [0.2, 0.25) is 5.91 Å². The SMILES string of the molecule is C=C/C(=C\C=C/CCCCC(=O)Nc1c(C)cccc1C)OC. The van der Waals surface area contributed by atoms with E-state index in [-0.39, 0.29) is 5.91 Å². The molecule has 0 saturated carbocycles. The maximum atomic E-state index is 12.0. The Hall–Kier alpha value is -2.29. The van der Waals surface area contributed by atoms with E-state index in [0.717, 1.165) is 41.8 Å². The molecule has 0 aliphatic carbocycles. The smallest absolute Gasteiger partial charge is 0.224 e. The van der Waals surface area contributed by atoms with Crippen LogP contribution in [0.25, 0.3) is 0 Å². The zero-order valence-electron chi connectivity index (χ0n) is 14.4. The van der Waals surface area contributed by atoms with Crippen LogP contribution in [0.5, 0.6) is 0 Å². The first-order chi connectivity index (χ1) is 11.1. The number of allylic oxidation sites excluding steroid dienone is 4. The monoisotopic (exact) mass is 313 g/mol. The maximum absolute atomic E-state index is 12.0. The molecule has 0 atom stereocenters. The van der Waals surface area contributed by atoms with Crippen LogP contribution in [-0.4, -0.2) is 13.0 Å². The van der Waals surface area contributed by atoms with Crippen LogP contribution in [0.1, 0.15) is 36.8 Å². The van der Waals surface area contributed by atoms with Gasteiger partial charge in [-0.3, -0.25) is 4.79 Å². The summed E-state index contributed by atoms with van der Waals surface area (Å²) in [4.78, 5) is 12.0. The molecule has 1 aromatic rings. The Morgan fingerprint density at radius 3 is 2.57 bits per heavy atom. The van der Waals surface area contributed by atoms with Crippen molar-refractivity contribution in [3.05, 3.63) is 66.0 Å². The fourth-order valence-electron chi connectivity index (χ4n) is 2.24. The molecule has 1 N–H and O–H groups in total. The van der Waals surface area contributed by atoms with Gasteiger partial charge in [0.15, 0.2) is 0 Å². The average Bonchev–Trinajstić information content (AvgIpc) is 2.54. The molecule has 0 saturated heterocycles. The molecule has 0 aliphatic heterocycles. The zero-order chi connectivity index (χ0) is 17.1. The fourth-order valence-corrected chi connectivity index (χ4v) is 2.24.